The molecule has 1 atom stereocenters. The summed E-state index contributed by atoms with van der Waals surface area (Å²) in [6, 6.07) is 5.61. The predicted octanol–water partition coefficient (Wildman–Crippen LogP) is 4.30. The molecule has 0 N–H and O–H groups in total. The predicted molar refractivity (Wildman–Crippen MR) is 80.2 cm³/mol. The first-order chi connectivity index (χ1) is 8.99. The van der Waals surface area contributed by atoms with Crippen LogP contribution in [0, 0.1) is 5.92 Å². The van der Waals surface area contributed by atoms with Crippen LogP contribution in [0.4, 0.5) is 0 Å². The average molecular weight is 300 g/mol. The van der Waals surface area contributed by atoms with Crippen molar-refractivity contribution in [1.29, 1.82) is 0 Å². The summed E-state index contributed by atoms with van der Waals surface area (Å²) >= 11 is 11.8. The molecule has 1 aromatic carbocycles. The van der Waals surface area contributed by atoms with E-state index in [9.17, 15) is 4.79 Å². The first kappa shape index (κ1) is 14.8. The maximum absolute atomic E-state index is 12.3. The number of benzene rings is 1. The molecule has 104 valence electrons. The van der Waals surface area contributed by atoms with Crippen LogP contribution in [0.1, 0.15) is 37.0 Å². The molecule has 1 saturated heterocycles. The van der Waals surface area contributed by atoms with Crippen LogP contribution in [-0.4, -0.2) is 29.8 Å². The smallest absolute Gasteiger partial charge is 0.176 e. The zero-order chi connectivity index (χ0) is 14.0. The molecule has 0 aliphatic carbocycles. The second-order valence-corrected chi connectivity index (χ2v) is 6.29. The van der Waals surface area contributed by atoms with Crippen molar-refractivity contribution in [2.45, 2.75) is 32.7 Å². The minimum atomic E-state index is 0.117. The molecular weight excluding hydrogens is 281 g/mol. The third-order valence-electron chi connectivity index (χ3n) is 3.77. The summed E-state index contributed by atoms with van der Waals surface area (Å²) in [7, 11) is 0. The van der Waals surface area contributed by atoms with E-state index >= 15 is 0 Å². The van der Waals surface area contributed by atoms with Gasteiger partial charge in [-0.1, -0.05) is 37.0 Å². The van der Waals surface area contributed by atoms with Crippen LogP contribution in [0.3, 0.4) is 0 Å². The van der Waals surface area contributed by atoms with Crippen LogP contribution >= 0.6 is 23.2 Å². The molecule has 1 fully saturated rings. The molecule has 19 heavy (non-hydrogen) atoms. The summed E-state index contributed by atoms with van der Waals surface area (Å²) in [5.74, 6) is 0.704. The van der Waals surface area contributed by atoms with Gasteiger partial charge in [-0.05, 0) is 43.5 Å². The number of carbonyl (C=O) groups is 1. The number of Topliss-reactive ketones (excluding diaryl/α,β-unsaturated/α-hetero) is 1. The number of hydrogen-bond acceptors (Lipinski definition) is 2. The fourth-order valence-corrected chi connectivity index (χ4v) is 3.05. The van der Waals surface area contributed by atoms with Crippen LogP contribution in [0.15, 0.2) is 18.2 Å². The van der Waals surface area contributed by atoms with Crippen LogP contribution in [0.2, 0.25) is 10.0 Å². The summed E-state index contributed by atoms with van der Waals surface area (Å²) in [5, 5.41) is 0.925. The number of hydrogen-bond donors (Lipinski definition) is 0. The number of nitrogens with zero attached hydrogens (tertiary/aromatic N) is 1. The Bertz CT molecular complexity index is 473. The van der Waals surface area contributed by atoms with Crippen molar-refractivity contribution in [2.75, 3.05) is 13.1 Å². The molecule has 0 saturated carbocycles. The Balaban J connectivity index is 2.06. The molecule has 1 unspecified atom stereocenters. The van der Waals surface area contributed by atoms with Gasteiger partial charge in [0.25, 0.3) is 0 Å². The van der Waals surface area contributed by atoms with E-state index in [4.69, 9.17) is 23.2 Å². The molecule has 1 aliphatic rings. The SMILES string of the molecule is CC(C)C1CCCN1CC(=O)c1ccc(Cl)c(Cl)c1. The molecule has 2 rings (SSSR count). The molecule has 0 amide bonds. The van der Waals surface area contributed by atoms with Crippen LogP contribution in [0.5, 0.6) is 0 Å². The second kappa shape index (κ2) is 6.25. The van der Waals surface area contributed by atoms with Crippen LogP contribution in [0.25, 0.3) is 0 Å². The molecule has 2 nitrogen and oxygen atoms in total. The maximum Gasteiger partial charge on any atom is 0.176 e. The number of rotatable bonds is 4. The van der Waals surface area contributed by atoms with Crippen LogP contribution in [-0.2, 0) is 0 Å². The molecular formula is C15H19Cl2NO. The first-order valence-electron chi connectivity index (χ1n) is 6.71. The second-order valence-electron chi connectivity index (χ2n) is 5.48. The van der Waals surface area contributed by atoms with Crippen LogP contribution < -0.4 is 0 Å². The van der Waals surface area contributed by atoms with E-state index in [0.717, 1.165) is 6.54 Å². The molecule has 0 aromatic heterocycles. The van der Waals surface area contributed by atoms with Gasteiger partial charge in [-0.15, -0.1) is 0 Å². The maximum atomic E-state index is 12.3. The summed E-state index contributed by atoms with van der Waals surface area (Å²) in [6.07, 6.45) is 2.36. The Morgan fingerprint density at radius 2 is 2.11 bits per heavy atom. The minimum Gasteiger partial charge on any atom is -0.293 e. The summed E-state index contributed by atoms with van der Waals surface area (Å²) in [4.78, 5) is 14.6. The third-order valence-corrected chi connectivity index (χ3v) is 4.51. The van der Waals surface area contributed by atoms with Crippen molar-refractivity contribution in [3.63, 3.8) is 0 Å². The van der Waals surface area contributed by atoms with Gasteiger partial charge in [-0.2, -0.15) is 0 Å². The van der Waals surface area contributed by atoms with Gasteiger partial charge in [0, 0.05) is 11.6 Å². The Kier molecular flexibility index (Phi) is 4.88. The highest BCUT2D eigenvalue weighted by Crippen LogP contribution is 2.25. The standard InChI is InChI=1S/C15H19Cl2NO/c1-10(2)14-4-3-7-18(14)9-15(19)11-5-6-12(16)13(17)8-11/h5-6,8,10,14H,3-4,7,9H2,1-2H3. The zero-order valence-corrected chi connectivity index (χ0v) is 12.8. The van der Waals surface area contributed by atoms with Crippen molar-refractivity contribution in [2.24, 2.45) is 5.92 Å². The third kappa shape index (κ3) is 3.50. The molecule has 1 heterocycles. The molecule has 0 bridgehead atoms. The normalized spacial score (nSPS) is 20.2. The van der Waals surface area contributed by atoms with Gasteiger partial charge in [-0.25, -0.2) is 0 Å². The summed E-state index contributed by atoms with van der Waals surface area (Å²) < 4.78 is 0. The van der Waals surface area contributed by atoms with E-state index in [2.05, 4.69) is 18.7 Å². The largest absolute Gasteiger partial charge is 0.293 e. The molecule has 0 radical (unpaired) electrons. The topological polar surface area (TPSA) is 20.3 Å². The quantitative estimate of drug-likeness (QED) is 0.773. The Labute approximate surface area is 124 Å². The number of halogens is 2. The fraction of sp³-hybridized carbons (Fsp3) is 0.533. The summed E-state index contributed by atoms with van der Waals surface area (Å²) in [5.41, 5.74) is 0.642. The van der Waals surface area contributed by atoms with Crippen molar-refractivity contribution >= 4 is 29.0 Å². The highest BCUT2D eigenvalue weighted by Gasteiger charge is 2.28. The number of carbonyl (C=O) groups excluding carboxylic acids is 1. The molecule has 1 aromatic rings. The Morgan fingerprint density at radius 1 is 1.37 bits per heavy atom. The van der Waals surface area contributed by atoms with Crippen molar-refractivity contribution in [3.05, 3.63) is 33.8 Å². The number of likely N-dealkylation sites (tertiary alicyclic amines) is 1. The van der Waals surface area contributed by atoms with Gasteiger partial charge in [0.15, 0.2) is 5.78 Å². The van der Waals surface area contributed by atoms with E-state index < -0.39 is 0 Å². The van der Waals surface area contributed by atoms with E-state index in [0.29, 0.717) is 34.1 Å². The lowest BCUT2D eigenvalue weighted by molar-refractivity contribution is 0.0904. The molecule has 4 heteroatoms. The van der Waals surface area contributed by atoms with Gasteiger partial charge < -0.3 is 0 Å². The lowest BCUT2D eigenvalue weighted by Gasteiger charge is -2.26. The first-order valence-corrected chi connectivity index (χ1v) is 7.47. The lowest BCUT2D eigenvalue weighted by Crippen LogP contribution is -2.37. The fourth-order valence-electron chi connectivity index (χ4n) is 2.75. The number of ketones is 1. The minimum absolute atomic E-state index is 0.117. The van der Waals surface area contributed by atoms with Gasteiger partial charge in [-0.3, -0.25) is 9.69 Å². The monoisotopic (exact) mass is 299 g/mol. The van der Waals surface area contributed by atoms with Crippen molar-refractivity contribution in [3.8, 4) is 0 Å². The van der Waals surface area contributed by atoms with E-state index in [1.54, 1.807) is 18.2 Å². The van der Waals surface area contributed by atoms with Gasteiger partial charge in [0.2, 0.25) is 0 Å². The Hall–Kier alpha value is -0.570. The zero-order valence-electron chi connectivity index (χ0n) is 11.3. The van der Waals surface area contributed by atoms with Gasteiger partial charge in [0.05, 0.1) is 16.6 Å². The lowest BCUT2D eigenvalue weighted by atomic mass is 10.0. The highest BCUT2D eigenvalue weighted by molar-refractivity contribution is 6.42. The Morgan fingerprint density at radius 3 is 2.74 bits per heavy atom. The van der Waals surface area contributed by atoms with Gasteiger partial charge >= 0.3 is 0 Å². The van der Waals surface area contributed by atoms with E-state index in [1.807, 2.05) is 0 Å². The van der Waals surface area contributed by atoms with E-state index in [1.165, 1.54) is 12.8 Å². The van der Waals surface area contributed by atoms with Gasteiger partial charge in [0.1, 0.15) is 0 Å². The summed E-state index contributed by atoms with van der Waals surface area (Å²) in [6.45, 7) is 5.91. The van der Waals surface area contributed by atoms with E-state index in [-0.39, 0.29) is 5.78 Å². The molecule has 0 spiro atoms. The average Bonchev–Trinajstić information content (AvgIpc) is 2.80. The molecule has 1 aliphatic heterocycles. The van der Waals surface area contributed by atoms with Crippen molar-refractivity contribution in [1.82, 2.24) is 4.90 Å². The highest BCUT2D eigenvalue weighted by atomic mass is 35.5. The van der Waals surface area contributed by atoms with Crippen molar-refractivity contribution < 1.29 is 4.79 Å².